The molecule has 2 aromatic heterocycles. The summed E-state index contributed by atoms with van der Waals surface area (Å²) in [5.74, 6) is -0.368. The molecule has 0 bridgehead atoms. The molecule has 10 heteroatoms. The molecular formula is C18H25FN4O4S. The van der Waals surface area contributed by atoms with Crippen molar-refractivity contribution in [2.24, 2.45) is 5.92 Å². The van der Waals surface area contributed by atoms with Crippen molar-refractivity contribution in [2.45, 2.75) is 31.7 Å². The average molecular weight is 412 g/mol. The molecule has 0 radical (unpaired) electrons. The molecule has 1 aliphatic rings. The molecule has 3 N–H and O–H groups in total. The molecule has 0 unspecified atom stereocenters. The SMILES string of the molecule is CNS(=O)(=O)C[C@H]1CC[C@H](Nc2c(C(=O)OCCF)cnc3[nH]ccc23)CC1. The van der Waals surface area contributed by atoms with Crippen molar-refractivity contribution >= 4 is 32.7 Å². The zero-order chi connectivity index (χ0) is 20.1. The third kappa shape index (κ3) is 4.79. The minimum Gasteiger partial charge on any atom is -0.459 e. The number of sulfonamides is 1. The second-order valence-electron chi connectivity index (χ2n) is 6.96. The first kappa shape index (κ1) is 20.5. The minimum atomic E-state index is -3.22. The van der Waals surface area contributed by atoms with Crippen LogP contribution in [-0.4, -0.2) is 56.5 Å². The van der Waals surface area contributed by atoms with E-state index in [-0.39, 0.29) is 29.9 Å². The zero-order valence-corrected chi connectivity index (χ0v) is 16.5. The summed E-state index contributed by atoms with van der Waals surface area (Å²) >= 11 is 0. The molecule has 1 fully saturated rings. The van der Waals surface area contributed by atoms with Crippen LogP contribution in [0.1, 0.15) is 36.0 Å². The molecule has 0 aromatic carbocycles. The first-order valence-corrected chi connectivity index (χ1v) is 11.0. The number of alkyl halides is 1. The van der Waals surface area contributed by atoms with Gasteiger partial charge in [0.2, 0.25) is 10.0 Å². The Morgan fingerprint density at radius 3 is 2.79 bits per heavy atom. The van der Waals surface area contributed by atoms with Crippen LogP contribution in [0.25, 0.3) is 11.0 Å². The number of hydrogen-bond donors (Lipinski definition) is 3. The van der Waals surface area contributed by atoms with Crippen LogP contribution in [0.3, 0.4) is 0 Å². The number of hydrogen-bond acceptors (Lipinski definition) is 6. The van der Waals surface area contributed by atoms with Gasteiger partial charge in [-0.05, 0) is 44.7 Å². The lowest BCUT2D eigenvalue weighted by Gasteiger charge is -2.30. The van der Waals surface area contributed by atoms with Crippen LogP contribution in [0.15, 0.2) is 18.5 Å². The van der Waals surface area contributed by atoms with Crippen molar-refractivity contribution in [1.29, 1.82) is 0 Å². The van der Waals surface area contributed by atoms with Gasteiger partial charge in [0.05, 0.1) is 11.4 Å². The molecule has 0 saturated heterocycles. The first-order chi connectivity index (χ1) is 13.4. The number of aromatic nitrogens is 2. The third-order valence-corrected chi connectivity index (χ3v) is 6.61. The normalized spacial score (nSPS) is 20.2. The van der Waals surface area contributed by atoms with Crippen LogP contribution in [0.2, 0.25) is 0 Å². The molecular weight excluding hydrogens is 387 g/mol. The summed E-state index contributed by atoms with van der Waals surface area (Å²) in [7, 11) is -1.79. The number of halogens is 1. The van der Waals surface area contributed by atoms with E-state index in [4.69, 9.17) is 4.74 Å². The number of esters is 1. The summed E-state index contributed by atoms with van der Waals surface area (Å²) in [5, 5.41) is 4.17. The Balaban J connectivity index is 1.73. The molecule has 0 aliphatic heterocycles. The Labute approximate surface area is 163 Å². The second kappa shape index (κ2) is 8.87. The zero-order valence-electron chi connectivity index (χ0n) is 15.7. The summed E-state index contributed by atoms with van der Waals surface area (Å²) in [4.78, 5) is 19.6. The topological polar surface area (TPSA) is 113 Å². The van der Waals surface area contributed by atoms with E-state index in [0.29, 0.717) is 11.3 Å². The number of nitrogens with one attached hydrogen (secondary N) is 3. The fourth-order valence-corrected chi connectivity index (χ4v) is 4.72. The molecule has 1 aliphatic carbocycles. The molecule has 28 heavy (non-hydrogen) atoms. The third-order valence-electron chi connectivity index (χ3n) is 5.08. The Kier molecular flexibility index (Phi) is 6.50. The summed E-state index contributed by atoms with van der Waals surface area (Å²) in [6.45, 7) is -1.04. The van der Waals surface area contributed by atoms with Gasteiger partial charge >= 0.3 is 5.97 Å². The number of fused-ring (bicyclic) bond motifs is 1. The number of carbonyl (C=O) groups excluding carboxylic acids is 1. The molecule has 2 heterocycles. The number of rotatable bonds is 8. The lowest BCUT2D eigenvalue weighted by Crippen LogP contribution is -2.32. The van der Waals surface area contributed by atoms with Gasteiger partial charge in [0.1, 0.15) is 24.5 Å². The van der Waals surface area contributed by atoms with Gasteiger partial charge in [-0.2, -0.15) is 0 Å². The largest absolute Gasteiger partial charge is 0.459 e. The van der Waals surface area contributed by atoms with Gasteiger partial charge in [-0.3, -0.25) is 0 Å². The van der Waals surface area contributed by atoms with E-state index < -0.39 is 22.7 Å². The fraction of sp³-hybridized carbons (Fsp3) is 0.556. The highest BCUT2D eigenvalue weighted by atomic mass is 32.2. The molecule has 0 atom stereocenters. The van der Waals surface area contributed by atoms with E-state index in [1.165, 1.54) is 13.2 Å². The summed E-state index contributed by atoms with van der Waals surface area (Å²) in [6.07, 6.45) is 6.29. The Morgan fingerprint density at radius 2 is 2.11 bits per heavy atom. The predicted octanol–water partition coefficient (Wildman–Crippen LogP) is 2.21. The van der Waals surface area contributed by atoms with Crippen molar-refractivity contribution < 1.29 is 22.3 Å². The highest BCUT2D eigenvalue weighted by molar-refractivity contribution is 7.89. The van der Waals surface area contributed by atoms with Crippen molar-refractivity contribution in [1.82, 2.24) is 14.7 Å². The monoisotopic (exact) mass is 412 g/mol. The second-order valence-corrected chi connectivity index (χ2v) is 8.93. The highest BCUT2D eigenvalue weighted by Gasteiger charge is 2.27. The quantitative estimate of drug-likeness (QED) is 0.573. The van der Waals surface area contributed by atoms with Crippen LogP contribution >= 0.6 is 0 Å². The number of carbonyl (C=O) groups is 1. The van der Waals surface area contributed by atoms with Crippen molar-refractivity contribution in [2.75, 3.05) is 31.4 Å². The highest BCUT2D eigenvalue weighted by Crippen LogP contribution is 2.32. The maximum absolute atomic E-state index is 12.4. The van der Waals surface area contributed by atoms with Crippen LogP contribution in [0, 0.1) is 5.92 Å². The van der Waals surface area contributed by atoms with Crippen molar-refractivity contribution in [3.05, 3.63) is 24.0 Å². The number of ether oxygens (including phenoxy) is 1. The smallest absolute Gasteiger partial charge is 0.341 e. The molecule has 2 aromatic rings. The van der Waals surface area contributed by atoms with E-state index >= 15 is 0 Å². The fourth-order valence-electron chi connectivity index (χ4n) is 3.60. The van der Waals surface area contributed by atoms with Crippen LogP contribution in [0.4, 0.5) is 10.1 Å². The molecule has 3 rings (SSSR count). The first-order valence-electron chi connectivity index (χ1n) is 9.30. The Morgan fingerprint density at radius 1 is 1.36 bits per heavy atom. The Hall–Kier alpha value is -2.20. The summed E-state index contributed by atoms with van der Waals surface area (Å²) in [5.41, 5.74) is 1.51. The number of nitrogens with zero attached hydrogens (tertiary/aromatic N) is 1. The molecule has 0 amide bonds. The number of anilines is 1. The van der Waals surface area contributed by atoms with Gasteiger partial charge in [-0.25, -0.2) is 27.3 Å². The average Bonchev–Trinajstić information content (AvgIpc) is 3.17. The molecule has 0 spiro atoms. The van der Waals surface area contributed by atoms with Gasteiger partial charge in [-0.15, -0.1) is 0 Å². The maximum atomic E-state index is 12.4. The van der Waals surface area contributed by atoms with Crippen LogP contribution in [-0.2, 0) is 14.8 Å². The van der Waals surface area contributed by atoms with Gasteiger partial charge in [0.25, 0.3) is 0 Å². The standard InChI is InChI=1S/C18H25FN4O4S/c1-20-28(25,26)11-12-2-4-13(5-3-12)23-16-14-6-8-21-17(14)22-10-15(16)18(24)27-9-7-19/h6,8,10,12-13,20H,2-5,7,9,11H2,1H3,(H2,21,22,23)/t12-,13-. The van der Waals surface area contributed by atoms with Crippen LogP contribution < -0.4 is 10.0 Å². The summed E-state index contributed by atoms with van der Waals surface area (Å²) in [6, 6.07) is 1.92. The molecule has 1 saturated carbocycles. The number of pyridine rings is 1. The lowest BCUT2D eigenvalue weighted by molar-refractivity contribution is 0.0482. The predicted molar refractivity (Wildman–Crippen MR) is 105 cm³/mol. The maximum Gasteiger partial charge on any atom is 0.341 e. The number of aromatic amines is 1. The van der Waals surface area contributed by atoms with Gasteiger partial charge in [0, 0.05) is 23.8 Å². The van der Waals surface area contributed by atoms with Crippen LogP contribution in [0.5, 0.6) is 0 Å². The minimum absolute atomic E-state index is 0.0989. The molecule has 8 nitrogen and oxygen atoms in total. The van der Waals surface area contributed by atoms with Gasteiger partial charge < -0.3 is 15.0 Å². The lowest BCUT2D eigenvalue weighted by atomic mass is 9.87. The van der Waals surface area contributed by atoms with Crippen molar-refractivity contribution in [3.8, 4) is 0 Å². The van der Waals surface area contributed by atoms with Gasteiger partial charge in [-0.1, -0.05) is 0 Å². The van der Waals surface area contributed by atoms with E-state index in [0.717, 1.165) is 31.1 Å². The Bertz CT molecular complexity index is 923. The van der Waals surface area contributed by atoms with E-state index in [1.807, 2.05) is 6.07 Å². The van der Waals surface area contributed by atoms with E-state index in [9.17, 15) is 17.6 Å². The van der Waals surface area contributed by atoms with E-state index in [2.05, 4.69) is 20.0 Å². The molecule has 154 valence electrons. The number of H-pyrrole nitrogens is 1. The van der Waals surface area contributed by atoms with Gasteiger partial charge in [0.15, 0.2) is 0 Å². The van der Waals surface area contributed by atoms with Crippen molar-refractivity contribution in [3.63, 3.8) is 0 Å². The summed E-state index contributed by atoms with van der Waals surface area (Å²) < 4.78 is 43.2. The van der Waals surface area contributed by atoms with E-state index in [1.54, 1.807) is 6.20 Å².